The van der Waals surface area contributed by atoms with Crippen LogP contribution in [0, 0.1) is 10.1 Å². The van der Waals surface area contributed by atoms with Crippen LogP contribution in [-0.4, -0.2) is 37.7 Å². The summed E-state index contributed by atoms with van der Waals surface area (Å²) in [5.41, 5.74) is 0.718. The molecule has 0 radical (unpaired) electrons. The molecule has 1 aromatic carbocycles. The van der Waals surface area contributed by atoms with Crippen molar-refractivity contribution in [1.29, 1.82) is 0 Å². The predicted molar refractivity (Wildman–Crippen MR) is 77.8 cm³/mol. The molecule has 20 heavy (non-hydrogen) atoms. The van der Waals surface area contributed by atoms with E-state index in [1.54, 1.807) is 25.2 Å². The first-order chi connectivity index (χ1) is 9.69. The number of rotatable bonds is 7. The molecule has 0 saturated heterocycles. The molecule has 7 nitrogen and oxygen atoms in total. The maximum absolute atomic E-state index is 10.9. The summed E-state index contributed by atoms with van der Waals surface area (Å²) in [7, 11) is 1.65. The van der Waals surface area contributed by atoms with Gasteiger partial charge in [-0.3, -0.25) is 15.1 Å². The van der Waals surface area contributed by atoms with Gasteiger partial charge in [0.25, 0.3) is 5.69 Å². The third kappa shape index (κ3) is 5.23. The Morgan fingerprint density at radius 1 is 1.40 bits per heavy atom. The van der Waals surface area contributed by atoms with Crippen LogP contribution in [0.15, 0.2) is 29.3 Å². The molecule has 0 aromatic heterocycles. The lowest BCUT2D eigenvalue weighted by Crippen LogP contribution is -2.38. The van der Waals surface area contributed by atoms with Crippen LogP contribution in [0.25, 0.3) is 0 Å². The van der Waals surface area contributed by atoms with Crippen LogP contribution in [0.3, 0.4) is 0 Å². The zero-order valence-electron chi connectivity index (χ0n) is 11.8. The van der Waals surface area contributed by atoms with Gasteiger partial charge in [0.15, 0.2) is 5.96 Å². The standard InChI is InChI=1S/C13H20N4O3/c1-3-20-9-8-15-13(14-2)16-10-11-6-4-5-7-12(11)17(18)19/h4-7H,3,8-10H2,1-2H3,(H2,14,15,16). The Hall–Kier alpha value is -2.15. The fourth-order valence-electron chi connectivity index (χ4n) is 1.62. The summed E-state index contributed by atoms with van der Waals surface area (Å²) in [6.45, 7) is 4.16. The lowest BCUT2D eigenvalue weighted by molar-refractivity contribution is -0.385. The van der Waals surface area contributed by atoms with Crippen molar-refractivity contribution in [1.82, 2.24) is 10.6 Å². The quantitative estimate of drug-likeness (QED) is 0.258. The van der Waals surface area contributed by atoms with Gasteiger partial charge in [0.2, 0.25) is 0 Å². The first kappa shape index (κ1) is 15.9. The number of benzene rings is 1. The average molecular weight is 280 g/mol. The first-order valence-electron chi connectivity index (χ1n) is 6.43. The predicted octanol–water partition coefficient (Wildman–Crippen LogP) is 1.30. The Labute approximate surface area is 118 Å². The van der Waals surface area contributed by atoms with Crippen LogP contribution in [0.1, 0.15) is 12.5 Å². The van der Waals surface area contributed by atoms with Crippen LogP contribution in [0.2, 0.25) is 0 Å². The zero-order chi connectivity index (χ0) is 14.8. The number of hydrogen-bond donors (Lipinski definition) is 2. The highest BCUT2D eigenvalue weighted by atomic mass is 16.6. The number of ether oxygens (including phenoxy) is 1. The minimum Gasteiger partial charge on any atom is -0.380 e. The van der Waals surface area contributed by atoms with E-state index in [-0.39, 0.29) is 10.6 Å². The van der Waals surface area contributed by atoms with Crippen molar-refractivity contribution >= 4 is 11.6 Å². The highest BCUT2D eigenvalue weighted by molar-refractivity contribution is 5.79. The van der Waals surface area contributed by atoms with Gasteiger partial charge < -0.3 is 15.4 Å². The highest BCUT2D eigenvalue weighted by Gasteiger charge is 2.12. The maximum atomic E-state index is 10.9. The molecule has 0 aliphatic carbocycles. The fraction of sp³-hybridized carbons (Fsp3) is 0.462. The summed E-state index contributed by atoms with van der Waals surface area (Å²) in [6.07, 6.45) is 0. The van der Waals surface area contributed by atoms with E-state index >= 15 is 0 Å². The number of nitrogens with one attached hydrogen (secondary N) is 2. The Morgan fingerprint density at radius 3 is 2.80 bits per heavy atom. The maximum Gasteiger partial charge on any atom is 0.274 e. The van der Waals surface area contributed by atoms with Gasteiger partial charge in [0.05, 0.1) is 11.5 Å². The number of nitrogens with zero attached hydrogens (tertiary/aromatic N) is 2. The Kier molecular flexibility index (Phi) is 7.05. The molecule has 1 aromatic rings. The summed E-state index contributed by atoms with van der Waals surface area (Å²) in [4.78, 5) is 14.6. The number of nitro benzene ring substituents is 1. The average Bonchev–Trinajstić information content (AvgIpc) is 2.46. The van der Waals surface area contributed by atoms with Crippen molar-refractivity contribution in [3.8, 4) is 0 Å². The van der Waals surface area contributed by atoms with Crippen LogP contribution < -0.4 is 10.6 Å². The van der Waals surface area contributed by atoms with E-state index in [2.05, 4.69) is 15.6 Å². The third-order valence-electron chi connectivity index (χ3n) is 2.60. The molecule has 1 rings (SSSR count). The minimum absolute atomic E-state index is 0.102. The molecular formula is C13H20N4O3. The Balaban J connectivity index is 2.50. The monoisotopic (exact) mass is 280 g/mol. The van der Waals surface area contributed by atoms with Crippen molar-refractivity contribution in [2.24, 2.45) is 4.99 Å². The van der Waals surface area contributed by atoms with E-state index in [9.17, 15) is 10.1 Å². The molecule has 0 spiro atoms. The topological polar surface area (TPSA) is 88.8 Å². The molecule has 0 atom stereocenters. The van der Waals surface area contributed by atoms with Crippen LogP contribution >= 0.6 is 0 Å². The second-order valence-corrected chi connectivity index (χ2v) is 3.94. The molecule has 0 aliphatic heterocycles. The van der Waals surface area contributed by atoms with Gasteiger partial charge in [-0.2, -0.15) is 0 Å². The van der Waals surface area contributed by atoms with Gasteiger partial charge in [0, 0.05) is 38.4 Å². The first-order valence-corrected chi connectivity index (χ1v) is 6.43. The van der Waals surface area contributed by atoms with Gasteiger partial charge in [-0.15, -0.1) is 0 Å². The number of hydrogen-bond acceptors (Lipinski definition) is 4. The molecule has 0 saturated carbocycles. The van der Waals surface area contributed by atoms with Crippen LogP contribution in [0.5, 0.6) is 0 Å². The second-order valence-electron chi connectivity index (χ2n) is 3.94. The minimum atomic E-state index is -0.387. The Morgan fingerprint density at radius 2 is 2.15 bits per heavy atom. The number of guanidine groups is 1. The number of para-hydroxylation sites is 1. The normalized spacial score (nSPS) is 11.2. The number of nitro groups is 1. The van der Waals surface area contributed by atoms with Crippen molar-refractivity contribution in [2.75, 3.05) is 26.8 Å². The second kappa shape index (κ2) is 8.87. The molecule has 0 aliphatic rings. The summed E-state index contributed by atoms with van der Waals surface area (Å²) in [6, 6.07) is 6.63. The van der Waals surface area contributed by atoms with Gasteiger partial charge >= 0.3 is 0 Å². The largest absolute Gasteiger partial charge is 0.380 e. The smallest absolute Gasteiger partial charge is 0.274 e. The van der Waals surface area contributed by atoms with E-state index in [0.717, 1.165) is 0 Å². The molecule has 7 heteroatoms. The van der Waals surface area contributed by atoms with Crippen molar-refractivity contribution in [3.63, 3.8) is 0 Å². The van der Waals surface area contributed by atoms with Gasteiger partial charge in [0.1, 0.15) is 0 Å². The van der Waals surface area contributed by atoms with E-state index in [1.807, 2.05) is 6.92 Å². The Bertz CT molecular complexity index is 463. The van der Waals surface area contributed by atoms with E-state index in [1.165, 1.54) is 6.07 Å². The van der Waals surface area contributed by atoms with Gasteiger partial charge in [-0.25, -0.2) is 0 Å². The molecule has 0 fully saturated rings. The van der Waals surface area contributed by atoms with Crippen molar-refractivity contribution in [2.45, 2.75) is 13.5 Å². The van der Waals surface area contributed by atoms with E-state index < -0.39 is 0 Å². The SMILES string of the molecule is CCOCCNC(=NC)NCc1ccccc1[N+](=O)[O-]. The third-order valence-corrected chi connectivity index (χ3v) is 2.60. The summed E-state index contributed by atoms with van der Waals surface area (Å²) < 4.78 is 5.21. The zero-order valence-corrected chi connectivity index (χ0v) is 11.8. The summed E-state index contributed by atoms with van der Waals surface area (Å²) in [5.74, 6) is 0.586. The molecule has 0 heterocycles. The molecule has 2 N–H and O–H groups in total. The van der Waals surface area contributed by atoms with Crippen molar-refractivity contribution < 1.29 is 9.66 Å². The lowest BCUT2D eigenvalue weighted by Gasteiger charge is -2.11. The fourth-order valence-corrected chi connectivity index (χ4v) is 1.62. The van der Waals surface area contributed by atoms with Crippen LogP contribution in [0.4, 0.5) is 5.69 Å². The molecule has 110 valence electrons. The lowest BCUT2D eigenvalue weighted by atomic mass is 10.2. The molecule has 0 bridgehead atoms. The highest BCUT2D eigenvalue weighted by Crippen LogP contribution is 2.16. The van der Waals surface area contributed by atoms with E-state index in [4.69, 9.17) is 4.74 Å². The molecular weight excluding hydrogens is 260 g/mol. The summed E-state index contributed by atoms with van der Waals surface area (Å²) >= 11 is 0. The molecule has 0 amide bonds. The molecule has 0 unspecified atom stereocenters. The van der Waals surface area contributed by atoms with E-state index in [0.29, 0.717) is 37.8 Å². The summed E-state index contributed by atoms with van der Waals surface area (Å²) in [5, 5.41) is 17.0. The van der Waals surface area contributed by atoms with Gasteiger partial charge in [-0.05, 0) is 6.92 Å². The van der Waals surface area contributed by atoms with Gasteiger partial charge in [-0.1, -0.05) is 18.2 Å². The van der Waals surface area contributed by atoms with Crippen molar-refractivity contribution in [3.05, 3.63) is 39.9 Å². The van der Waals surface area contributed by atoms with Crippen LogP contribution in [-0.2, 0) is 11.3 Å². The number of aliphatic imine (C=N–C) groups is 1.